The van der Waals surface area contributed by atoms with E-state index in [1.807, 2.05) is 58.0 Å². The fourth-order valence-corrected chi connectivity index (χ4v) is 10.1. The Morgan fingerprint density at radius 3 is 1.92 bits per heavy atom. The van der Waals surface area contributed by atoms with Crippen molar-refractivity contribution < 1.29 is 0 Å². The van der Waals surface area contributed by atoms with E-state index in [2.05, 4.69) is 119 Å². The van der Waals surface area contributed by atoms with Crippen molar-refractivity contribution in [3.8, 4) is 11.2 Å². The van der Waals surface area contributed by atoms with Gasteiger partial charge < -0.3 is 5.32 Å². The molecule has 63 heavy (non-hydrogen) atoms. The monoisotopic (exact) mass is 870 g/mol. The molecule has 0 saturated heterocycles. The van der Waals surface area contributed by atoms with Gasteiger partial charge in [0, 0.05) is 11.1 Å². The van der Waals surface area contributed by atoms with E-state index in [0.29, 0.717) is 51.4 Å². The molecule has 0 amide bonds. The van der Waals surface area contributed by atoms with Gasteiger partial charge in [-0.3, -0.25) is 4.90 Å². The molecule has 0 spiro atoms. The Morgan fingerprint density at radius 1 is 0.746 bits per heavy atom. The third-order valence-electron chi connectivity index (χ3n) is 10.9. The number of para-hydroxylation sites is 3. The number of hydrogen-bond donors (Lipinski definition) is 1. The van der Waals surface area contributed by atoms with Crippen molar-refractivity contribution in [2.45, 2.75) is 94.4 Å². The average Bonchev–Trinajstić information content (AvgIpc) is 3.94. The van der Waals surface area contributed by atoms with Gasteiger partial charge in [0.05, 0.1) is 31.8 Å². The van der Waals surface area contributed by atoms with E-state index in [0.717, 1.165) is 66.5 Å². The van der Waals surface area contributed by atoms with Crippen molar-refractivity contribution in [2.75, 3.05) is 10.2 Å². The van der Waals surface area contributed by atoms with E-state index < -0.39 is 5.41 Å². The molecule has 0 saturated carbocycles. The van der Waals surface area contributed by atoms with Crippen LogP contribution in [0.5, 0.6) is 0 Å². The van der Waals surface area contributed by atoms with Crippen LogP contribution in [0.15, 0.2) is 95.2 Å². The number of aromatic nitrogens is 5. The predicted octanol–water partition coefficient (Wildman–Crippen LogP) is 14.9. The molecule has 8 rings (SSSR count). The van der Waals surface area contributed by atoms with Gasteiger partial charge >= 0.3 is 0 Å². The first-order chi connectivity index (χ1) is 30.1. The Hall–Kier alpha value is -6.29. The maximum atomic E-state index is 10.7. The molecule has 1 N–H and O–H groups in total. The highest BCUT2D eigenvalue weighted by atomic mass is 32.1. The van der Waals surface area contributed by atoms with Gasteiger partial charge in [-0.05, 0) is 111 Å². The van der Waals surface area contributed by atoms with E-state index in [-0.39, 0.29) is 0 Å². The van der Waals surface area contributed by atoms with Gasteiger partial charge in [0.25, 0.3) is 0 Å². The van der Waals surface area contributed by atoms with E-state index in [9.17, 15) is 5.26 Å². The van der Waals surface area contributed by atoms with Gasteiger partial charge in [-0.1, -0.05) is 131 Å². The summed E-state index contributed by atoms with van der Waals surface area (Å²) in [6.07, 6.45) is 1.76. The Kier molecular flexibility index (Phi) is 12.0. The minimum absolute atomic E-state index is 0.318. The average molecular weight is 871 g/mol. The zero-order valence-corrected chi connectivity index (χ0v) is 39.6. The molecule has 0 fully saturated rings. The molecule has 0 unspecified atom stereocenters. The largest absolute Gasteiger partial charge is 0.338 e. The third kappa shape index (κ3) is 8.86. The number of nitrogens with zero attached hydrogens (tertiary/aromatic N) is 9. The van der Waals surface area contributed by atoms with Gasteiger partial charge in [0.15, 0.2) is 16.8 Å². The molecular weight excluding hydrogens is 817 g/mol. The van der Waals surface area contributed by atoms with Crippen molar-refractivity contribution in [1.29, 1.82) is 5.26 Å². The summed E-state index contributed by atoms with van der Waals surface area (Å²) in [5.41, 5.74) is 11.6. The first kappa shape index (κ1) is 43.4. The molecule has 0 atom stereocenters. The Labute approximate surface area is 378 Å². The van der Waals surface area contributed by atoms with Crippen LogP contribution in [-0.2, 0) is 18.3 Å². The molecular formula is C51H54N10S2. The number of benzene rings is 4. The third-order valence-corrected chi connectivity index (χ3v) is 12.9. The summed E-state index contributed by atoms with van der Waals surface area (Å²) >= 11 is 3.14. The zero-order chi connectivity index (χ0) is 44.7. The number of nitrogens with one attached hydrogen (secondary N) is 1. The first-order valence-electron chi connectivity index (χ1n) is 21.5. The van der Waals surface area contributed by atoms with Crippen LogP contribution >= 0.6 is 22.7 Å². The normalized spacial score (nSPS) is 12.1. The molecule has 4 aromatic carbocycles. The Morgan fingerprint density at radius 2 is 1.35 bits per heavy atom. The quantitative estimate of drug-likeness (QED) is 0.121. The molecule has 0 aliphatic carbocycles. The maximum absolute atomic E-state index is 10.7. The van der Waals surface area contributed by atoms with Crippen molar-refractivity contribution >= 4 is 82.8 Å². The van der Waals surface area contributed by atoms with E-state index in [1.54, 1.807) is 16.0 Å². The molecule has 320 valence electrons. The fraction of sp³-hybridized carbons (Fsp3) is 0.314. The van der Waals surface area contributed by atoms with Crippen LogP contribution in [0.4, 0.5) is 39.6 Å². The second kappa shape index (κ2) is 17.5. The number of thiazole rings is 2. The smallest absolute Gasteiger partial charge is 0.213 e. The molecule has 10 nitrogen and oxygen atoms in total. The summed E-state index contributed by atoms with van der Waals surface area (Å²) in [6.45, 7) is 23.6. The molecule has 0 aliphatic rings. The summed E-state index contributed by atoms with van der Waals surface area (Å²) in [4.78, 5) is 17.8. The van der Waals surface area contributed by atoms with Crippen LogP contribution in [0.25, 0.3) is 25.6 Å². The highest BCUT2D eigenvalue weighted by Gasteiger charge is 2.30. The van der Waals surface area contributed by atoms with E-state index in [4.69, 9.17) is 30.3 Å². The summed E-state index contributed by atoms with van der Waals surface area (Å²) in [7, 11) is 0. The summed E-state index contributed by atoms with van der Waals surface area (Å²) in [5.74, 6) is 2.40. The Bertz CT molecular complexity index is 2950. The second-order valence-electron chi connectivity index (χ2n) is 18.3. The van der Waals surface area contributed by atoms with Crippen LogP contribution in [0.2, 0.25) is 0 Å². The Balaban J connectivity index is 1.38. The highest BCUT2D eigenvalue weighted by molar-refractivity contribution is 7.22. The number of rotatable bonds is 12. The lowest BCUT2D eigenvalue weighted by atomic mass is 9.90. The van der Waals surface area contributed by atoms with Crippen LogP contribution in [0.1, 0.15) is 93.1 Å². The minimum Gasteiger partial charge on any atom is -0.338 e. The lowest BCUT2D eigenvalue weighted by molar-refractivity contribution is 0.559. The standard InChI is InChI=1S/C51H54N10S2/c1-29(2)23-35-17-16-18-36(24-30(3)4)44(35)56-47-43(57-58-48-37(28-52)46(51(9,10)11)59-61(48)50-54-39-20-13-15-22-41(39)63-50)32(6)27-42(55-47)60(45-33(7)25-31(5)26-34(45)8)49-53-38-19-12-14-21-40(38)62-49/h12-22,25-27,29-30H,23-24H2,1-11H3,(H,55,56). The van der Waals surface area contributed by atoms with Gasteiger partial charge in [-0.15, -0.1) is 10.2 Å². The van der Waals surface area contributed by atoms with Gasteiger partial charge in [-0.25, -0.2) is 15.0 Å². The SMILES string of the molecule is Cc1cc(C)c(N(c2cc(C)c(N=Nc3c(C#N)c(C(C)(C)C)nn3-c3nc4ccccc4s3)c(Nc3c(CC(C)C)cccc3CC(C)C)n2)c2nc3ccccc3s2)c(C)c1. The number of pyridine rings is 1. The van der Waals surface area contributed by atoms with Gasteiger partial charge in [0.1, 0.15) is 23.1 Å². The number of anilines is 5. The van der Waals surface area contributed by atoms with E-state index >= 15 is 0 Å². The lowest BCUT2D eigenvalue weighted by Gasteiger charge is -2.27. The molecule has 12 heteroatoms. The van der Waals surface area contributed by atoms with Crippen molar-refractivity contribution in [2.24, 2.45) is 22.1 Å². The molecule has 0 radical (unpaired) electrons. The lowest BCUT2D eigenvalue weighted by Crippen LogP contribution is -2.15. The van der Waals surface area contributed by atoms with Gasteiger partial charge in [0.2, 0.25) is 5.13 Å². The summed E-state index contributed by atoms with van der Waals surface area (Å²) in [6, 6.07) is 31.7. The molecule has 4 aromatic heterocycles. The molecule has 0 bridgehead atoms. The van der Waals surface area contributed by atoms with Crippen LogP contribution in [0.3, 0.4) is 0 Å². The van der Waals surface area contributed by atoms with Crippen LogP contribution in [-0.4, -0.2) is 24.7 Å². The van der Waals surface area contributed by atoms with E-state index in [1.165, 1.54) is 28.0 Å². The number of fused-ring (bicyclic) bond motifs is 2. The first-order valence-corrected chi connectivity index (χ1v) is 23.2. The minimum atomic E-state index is -0.452. The molecule has 8 aromatic rings. The zero-order valence-electron chi connectivity index (χ0n) is 38.0. The number of nitriles is 1. The molecule has 4 heterocycles. The van der Waals surface area contributed by atoms with Crippen LogP contribution < -0.4 is 10.2 Å². The second-order valence-corrected chi connectivity index (χ2v) is 20.3. The fourth-order valence-electron chi connectivity index (χ4n) is 8.23. The molecule has 0 aliphatic heterocycles. The number of aryl methyl sites for hydroxylation is 4. The number of hydrogen-bond acceptors (Lipinski definition) is 11. The summed E-state index contributed by atoms with van der Waals surface area (Å²) < 4.78 is 3.78. The predicted molar refractivity (Wildman–Crippen MR) is 262 cm³/mol. The topological polar surface area (TPSA) is 120 Å². The van der Waals surface area contributed by atoms with Crippen molar-refractivity contribution in [3.63, 3.8) is 0 Å². The maximum Gasteiger partial charge on any atom is 0.213 e. The highest BCUT2D eigenvalue weighted by Crippen LogP contribution is 2.46. The van der Waals surface area contributed by atoms with Crippen molar-refractivity contribution in [3.05, 3.63) is 130 Å². The van der Waals surface area contributed by atoms with Crippen LogP contribution in [0, 0.1) is 50.9 Å². The van der Waals surface area contributed by atoms with Crippen molar-refractivity contribution in [1.82, 2.24) is 24.7 Å². The number of azo groups is 1. The summed E-state index contributed by atoms with van der Waals surface area (Å²) in [5, 5.41) is 31.1. The van der Waals surface area contributed by atoms with Gasteiger partial charge in [-0.2, -0.15) is 15.0 Å².